The van der Waals surface area contributed by atoms with Gasteiger partial charge in [0.1, 0.15) is 11.9 Å². The third-order valence-electron chi connectivity index (χ3n) is 5.77. The van der Waals surface area contributed by atoms with Gasteiger partial charge in [0.05, 0.1) is 10.2 Å². The number of hydrogen-bond acceptors (Lipinski definition) is 6. The first-order valence-electron chi connectivity index (χ1n) is 11.4. The number of thiazole rings is 1. The number of amides is 1. The number of aromatic nitrogens is 1. The first kappa shape index (κ1) is 25.7. The number of carbonyl (C=O) groups is 2. The van der Waals surface area contributed by atoms with E-state index in [1.165, 1.54) is 35.2 Å². The van der Waals surface area contributed by atoms with Crippen molar-refractivity contribution in [3.8, 4) is 11.1 Å². The summed E-state index contributed by atoms with van der Waals surface area (Å²) in [6.07, 6.45) is 2.24. The molecule has 1 amide bonds. The maximum absolute atomic E-state index is 13.5. The lowest BCUT2D eigenvalue weighted by molar-refractivity contribution is -0.139. The van der Waals surface area contributed by atoms with Crippen LogP contribution >= 0.6 is 23.1 Å². The van der Waals surface area contributed by atoms with E-state index in [0.29, 0.717) is 29.4 Å². The average Bonchev–Trinajstić information content (AvgIpc) is 3.27. The van der Waals surface area contributed by atoms with Crippen molar-refractivity contribution in [1.82, 2.24) is 10.3 Å². The minimum Gasteiger partial charge on any atom is -0.480 e. The molecule has 4 aromatic rings. The minimum atomic E-state index is -1.05. The molecular formula is C27H26FN3O3S2. The molecule has 6 nitrogen and oxygen atoms in total. The molecule has 0 saturated carbocycles. The molecule has 9 heteroatoms. The van der Waals surface area contributed by atoms with Gasteiger partial charge in [-0.05, 0) is 77.9 Å². The fourth-order valence-corrected chi connectivity index (χ4v) is 5.24. The average molecular weight is 524 g/mol. The number of carboxylic acid groups (broad SMARTS) is 1. The van der Waals surface area contributed by atoms with Crippen molar-refractivity contribution in [2.24, 2.45) is 0 Å². The number of rotatable bonds is 10. The van der Waals surface area contributed by atoms with Gasteiger partial charge in [-0.1, -0.05) is 41.7 Å². The summed E-state index contributed by atoms with van der Waals surface area (Å²) in [5.74, 6) is -1.14. The summed E-state index contributed by atoms with van der Waals surface area (Å²) in [4.78, 5) is 29.4. The van der Waals surface area contributed by atoms with Gasteiger partial charge in [-0.3, -0.25) is 4.79 Å². The summed E-state index contributed by atoms with van der Waals surface area (Å²) in [5, 5.41) is 16.2. The van der Waals surface area contributed by atoms with Gasteiger partial charge in [-0.2, -0.15) is 11.8 Å². The van der Waals surface area contributed by atoms with Gasteiger partial charge in [-0.15, -0.1) is 0 Å². The van der Waals surface area contributed by atoms with Gasteiger partial charge in [0.25, 0.3) is 5.91 Å². The van der Waals surface area contributed by atoms with Gasteiger partial charge in [-0.25, -0.2) is 14.2 Å². The van der Waals surface area contributed by atoms with Crippen LogP contribution in [-0.2, 0) is 11.3 Å². The van der Waals surface area contributed by atoms with Crippen LogP contribution in [0, 0.1) is 12.7 Å². The Hall–Kier alpha value is -3.43. The fraction of sp³-hybridized carbons (Fsp3) is 0.222. The van der Waals surface area contributed by atoms with Crippen molar-refractivity contribution in [3.05, 3.63) is 83.2 Å². The summed E-state index contributed by atoms with van der Waals surface area (Å²) in [7, 11) is 0. The highest BCUT2D eigenvalue weighted by Gasteiger charge is 2.22. The largest absolute Gasteiger partial charge is 0.480 e. The predicted octanol–water partition coefficient (Wildman–Crippen LogP) is 5.96. The van der Waals surface area contributed by atoms with Crippen molar-refractivity contribution in [2.75, 3.05) is 17.3 Å². The Balaban J connectivity index is 1.61. The Morgan fingerprint density at radius 3 is 2.67 bits per heavy atom. The van der Waals surface area contributed by atoms with E-state index in [2.05, 4.69) is 15.6 Å². The van der Waals surface area contributed by atoms with Crippen molar-refractivity contribution in [1.29, 1.82) is 0 Å². The molecule has 186 valence electrons. The number of benzene rings is 3. The molecule has 0 saturated heterocycles. The normalized spacial score (nSPS) is 11.9. The number of aryl methyl sites for hydroxylation is 1. The molecule has 1 heterocycles. The first-order valence-corrected chi connectivity index (χ1v) is 13.6. The number of carbonyl (C=O) groups excluding carboxylic acids is 1. The third kappa shape index (κ3) is 6.03. The van der Waals surface area contributed by atoms with E-state index in [-0.39, 0.29) is 5.82 Å². The van der Waals surface area contributed by atoms with Crippen molar-refractivity contribution in [3.63, 3.8) is 0 Å². The summed E-state index contributed by atoms with van der Waals surface area (Å²) in [6, 6.07) is 16.8. The highest BCUT2D eigenvalue weighted by Crippen LogP contribution is 2.30. The Morgan fingerprint density at radius 2 is 1.92 bits per heavy atom. The van der Waals surface area contributed by atoms with Crippen LogP contribution in [0.3, 0.4) is 0 Å². The van der Waals surface area contributed by atoms with Crippen molar-refractivity contribution >= 4 is 50.3 Å². The van der Waals surface area contributed by atoms with Crippen LogP contribution < -0.4 is 10.6 Å². The minimum absolute atomic E-state index is 0.298. The van der Waals surface area contributed by atoms with Crippen LogP contribution in [0.1, 0.15) is 27.9 Å². The van der Waals surface area contributed by atoms with Crippen LogP contribution in [0.2, 0.25) is 0 Å². The monoisotopic (exact) mass is 523 g/mol. The highest BCUT2D eigenvalue weighted by molar-refractivity contribution is 7.98. The van der Waals surface area contributed by atoms with Gasteiger partial charge in [0.2, 0.25) is 0 Å². The zero-order valence-corrected chi connectivity index (χ0v) is 21.5. The third-order valence-corrected chi connectivity index (χ3v) is 7.39. The molecule has 3 aromatic carbocycles. The molecule has 0 bridgehead atoms. The summed E-state index contributed by atoms with van der Waals surface area (Å²) in [6.45, 7) is 2.43. The molecule has 0 aliphatic heterocycles. The van der Waals surface area contributed by atoms with E-state index in [1.807, 2.05) is 49.6 Å². The van der Waals surface area contributed by atoms with Gasteiger partial charge in [0.15, 0.2) is 5.13 Å². The quantitative estimate of drug-likeness (QED) is 0.238. The number of carboxylic acids is 1. The van der Waals surface area contributed by atoms with Crippen LogP contribution in [0.5, 0.6) is 0 Å². The standard InChI is InChI=1S/C27H26FN3O3S2/c1-16-5-3-4-6-19(16)21-13-17(15-29-27-31-22-10-8-18(28)14-24(22)36-27)7-9-20(21)25(32)30-23(26(33)34)11-12-35-2/h3-10,13-14,23H,11-12,15H2,1-2H3,(H,29,31)(H,30,32)(H,33,34). The number of nitrogens with zero attached hydrogens (tertiary/aromatic N) is 1. The van der Waals surface area contributed by atoms with E-state index in [0.717, 1.165) is 32.5 Å². The molecular weight excluding hydrogens is 497 g/mol. The van der Waals surface area contributed by atoms with Gasteiger partial charge >= 0.3 is 5.97 Å². The Morgan fingerprint density at radius 1 is 1.11 bits per heavy atom. The molecule has 0 aliphatic rings. The smallest absolute Gasteiger partial charge is 0.326 e. The van der Waals surface area contributed by atoms with Crippen LogP contribution in [0.15, 0.2) is 60.7 Å². The van der Waals surface area contributed by atoms with E-state index in [4.69, 9.17) is 0 Å². The molecule has 0 aliphatic carbocycles. The van der Waals surface area contributed by atoms with E-state index in [9.17, 15) is 19.1 Å². The molecule has 0 fully saturated rings. The molecule has 1 unspecified atom stereocenters. The number of anilines is 1. The van der Waals surface area contributed by atoms with E-state index >= 15 is 0 Å². The molecule has 1 atom stereocenters. The maximum Gasteiger partial charge on any atom is 0.326 e. The number of nitrogens with one attached hydrogen (secondary N) is 2. The first-order chi connectivity index (χ1) is 17.4. The van der Waals surface area contributed by atoms with Crippen LogP contribution in [0.4, 0.5) is 9.52 Å². The van der Waals surface area contributed by atoms with Crippen LogP contribution in [-0.4, -0.2) is 40.0 Å². The molecule has 3 N–H and O–H groups in total. The topological polar surface area (TPSA) is 91.3 Å². The van der Waals surface area contributed by atoms with Crippen LogP contribution in [0.25, 0.3) is 21.3 Å². The number of thioether (sulfide) groups is 1. The number of fused-ring (bicyclic) bond motifs is 1. The Labute approximate surface area is 217 Å². The van der Waals surface area contributed by atoms with Crippen molar-refractivity contribution < 1.29 is 19.1 Å². The number of hydrogen-bond donors (Lipinski definition) is 3. The summed E-state index contributed by atoms with van der Waals surface area (Å²) < 4.78 is 14.3. The second-order valence-corrected chi connectivity index (χ2v) is 10.3. The molecule has 4 rings (SSSR count). The molecule has 1 aromatic heterocycles. The maximum atomic E-state index is 13.5. The predicted molar refractivity (Wildman–Crippen MR) is 145 cm³/mol. The highest BCUT2D eigenvalue weighted by atomic mass is 32.2. The molecule has 36 heavy (non-hydrogen) atoms. The number of aliphatic carboxylic acids is 1. The van der Waals surface area contributed by atoms with Gasteiger partial charge < -0.3 is 15.7 Å². The lowest BCUT2D eigenvalue weighted by atomic mass is 9.93. The van der Waals surface area contributed by atoms with E-state index < -0.39 is 17.9 Å². The Bertz CT molecular complexity index is 1410. The number of halogens is 1. The van der Waals surface area contributed by atoms with E-state index in [1.54, 1.807) is 12.1 Å². The Kier molecular flexibility index (Phi) is 8.22. The van der Waals surface area contributed by atoms with Gasteiger partial charge in [0, 0.05) is 12.1 Å². The second kappa shape index (κ2) is 11.5. The summed E-state index contributed by atoms with van der Waals surface area (Å²) >= 11 is 2.91. The molecule has 0 radical (unpaired) electrons. The lowest BCUT2D eigenvalue weighted by Crippen LogP contribution is -2.41. The zero-order valence-electron chi connectivity index (χ0n) is 19.9. The van der Waals surface area contributed by atoms with Crippen molar-refractivity contribution in [2.45, 2.75) is 25.9 Å². The lowest BCUT2D eigenvalue weighted by Gasteiger charge is -2.18. The second-order valence-electron chi connectivity index (χ2n) is 8.33. The summed E-state index contributed by atoms with van der Waals surface area (Å²) in [5.41, 5.74) is 4.69. The molecule has 0 spiro atoms. The fourth-order valence-electron chi connectivity index (χ4n) is 3.88. The zero-order chi connectivity index (χ0) is 25.7. The SMILES string of the molecule is CSCCC(NC(=O)c1ccc(CNc2nc3ccc(F)cc3s2)cc1-c1ccccc1C)C(=O)O.